The SMILES string of the molecule is CCCCCCOc1ccc(-c2nn(-c3ccccc3)cc2/C=C2\SC(=S)N(CCc3ccc(OC)c(OC)c3)C2=O)cc1. The largest absolute Gasteiger partial charge is 0.494 e. The fourth-order valence-electron chi connectivity index (χ4n) is 4.97. The summed E-state index contributed by atoms with van der Waals surface area (Å²) in [6.07, 6.45) is 9.14. The van der Waals surface area contributed by atoms with E-state index in [9.17, 15) is 4.79 Å². The van der Waals surface area contributed by atoms with E-state index in [1.807, 2.05) is 89.8 Å². The van der Waals surface area contributed by atoms with E-state index in [0.717, 1.165) is 40.2 Å². The van der Waals surface area contributed by atoms with Crippen LogP contribution in [-0.2, 0) is 11.2 Å². The maximum Gasteiger partial charge on any atom is 0.266 e. The number of para-hydroxylation sites is 1. The van der Waals surface area contributed by atoms with Crippen LogP contribution < -0.4 is 14.2 Å². The van der Waals surface area contributed by atoms with Gasteiger partial charge in [0, 0.05) is 23.9 Å². The number of unbranched alkanes of at least 4 members (excludes halogenated alkanes) is 3. The third-order valence-corrected chi connectivity index (χ3v) is 8.77. The maximum absolute atomic E-state index is 13.6. The summed E-state index contributed by atoms with van der Waals surface area (Å²) in [7, 11) is 3.22. The minimum absolute atomic E-state index is 0.106. The Morgan fingerprint density at radius 3 is 2.43 bits per heavy atom. The zero-order valence-corrected chi connectivity index (χ0v) is 27.0. The van der Waals surface area contributed by atoms with Crippen molar-refractivity contribution in [2.45, 2.75) is 39.0 Å². The van der Waals surface area contributed by atoms with Gasteiger partial charge in [-0.3, -0.25) is 9.69 Å². The molecular formula is C35H37N3O4S2. The fourth-order valence-corrected chi connectivity index (χ4v) is 6.27. The highest BCUT2D eigenvalue weighted by Crippen LogP contribution is 2.36. The zero-order valence-electron chi connectivity index (χ0n) is 25.3. The van der Waals surface area contributed by atoms with Crippen molar-refractivity contribution in [3.05, 3.63) is 95.0 Å². The number of hydrogen-bond donors (Lipinski definition) is 0. The van der Waals surface area contributed by atoms with Gasteiger partial charge in [-0.15, -0.1) is 0 Å². The summed E-state index contributed by atoms with van der Waals surface area (Å²) in [5.74, 6) is 2.06. The molecule has 2 heterocycles. The van der Waals surface area contributed by atoms with E-state index < -0.39 is 0 Å². The topological polar surface area (TPSA) is 65.8 Å². The first kappa shape index (κ1) is 31.3. The Labute approximate surface area is 268 Å². The van der Waals surface area contributed by atoms with Gasteiger partial charge < -0.3 is 14.2 Å². The van der Waals surface area contributed by atoms with Crippen molar-refractivity contribution in [1.82, 2.24) is 14.7 Å². The van der Waals surface area contributed by atoms with E-state index in [4.69, 9.17) is 31.5 Å². The number of ether oxygens (including phenoxy) is 3. The minimum atomic E-state index is -0.106. The molecule has 0 bridgehead atoms. The summed E-state index contributed by atoms with van der Waals surface area (Å²) >= 11 is 6.96. The lowest BCUT2D eigenvalue weighted by molar-refractivity contribution is -0.122. The molecule has 7 nitrogen and oxygen atoms in total. The monoisotopic (exact) mass is 627 g/mol. The highest BCUT2D eigenvalue weighted by atomic mass is 32.2. The second-order valence-corrected chi connectivity index (χ2v) is 12.1. The summed E-state index contributed by atoms with van der Waals surface area (Å²) in [4.78, 5) is 15.8. The van der Waals surface area contributed by atoms with Gasteiger partial charge in [-0.2, -0.15) is 5.10 Å². The molecule has 1 amide bonds. The van der Waals surface area contributed by atoms with Gasteiger partial charge in [0.25, 0.3) is 5.91 Å². The Kier molecular flexibility index (Phi) is 10.7. The van der Waals surface area contributed by atoms with Gasteiger partial charge in [0.15, 0.2) is 11.5 Å². The molecule has 0 aliphatic carbocycles. The van der Waals surface area contributed by atoms with Crippen LogP contribution in [0.3, 0.4) is 0 Å². The number of amides is 1. The van der Waals surface area contributed by atoms with Crippen LogP contribution >= 0.6 is 24.0 Å². The lowest BCUT2D eigenvalue weighted by Crippen LogP contribution is -2.30. The summed E-state index contributed by atoms with van der Waals surface area (Å²) in [6, 6.07) is 23.7. The van der Waals surface area contributed by atoms with Crippen LogP contribution in [0.5, 0.6) is 17.2 Å². The maximum atomic E-state index is 13.6. The number of thioether (sulfide) groups is 1. The number of thiocarbonyl (C=S) groups is 1. The molecule has 1 aromatic heterocycles. The fraction of sp³-hybridized carbons (Fsp3) is 0.286. The number of methoxy groups -OCH3 is 2. The number of rotatable bonds is 14. The van der Waals surface area contributed by atoms with Crippen LogP contribution in [-0.4, -0.2) is 52.3 Å². The first-order chi connectivity index (χ1) is 21.5. The van der Waals surface area contributed by atoms with Crippen molar-refractivity contribution in [3.63, 3.8) is 0 Å². The molecule has 1 aliphatic heterocycles. The van der Waals surface area contributed by atoms with Crippen LogP contribution in [0, 0.1) is 0 Å². The molecule has 228 valence electrons. The lowest BCUT2D eigenvalue weighted by atomic mass is 10.1. The standard InChI is InChI=1S/C35H37N3O4S2/c1-4-5-6-10-21-42-29-16-14-26(15-17-29)33-27(24-38(36-33)28-11-8-7-9-12-28)23-32-34(39)37(35(43)44-32)20-19-25-13-18-30(40-2)31(22-25)41-3/h7-9,11-18,22-24H,4-6,10,19-21H2,1-3H3/b32-23-. The van der Waals surface area contributed by atoms with Gasteiger partial charge in [0.2, 0.25) is 0 Å². The molecule has 9 heteroatoms. The molecule has 0 atom stereocenters. The van der Waals surface area contributed by atoms with Crippen LogP contribution in [0.2, 0.25) is 0 Å². The predicted octanol–water partition coefficient (Wildman–Crippen LogP) is 7.96. The summed E-state index contributed by atoms with van der Waals surface area (Å²) in [5.41, 5.74) is 4.51. The number of aromatic nitrogens is 2. The Morgan fingerprint density at radius 1 is 0.932 bits per heavy atom. The molecule has 1 saturated heterocycles. The van der Waals surface area contributed by atoms with E-state index in [2.05, 4.69) is 6.92 Å². The second-order valence-electron chi connectivity index (χ2n) is 10.4. The van der Waals surface area contributed by atoms with Crippen LogP contribution in [0.15, 0.2) is 83.9 Å². The second kappa shape index (κ2) is 15.1. The quantitative estimate of drug-likeness (QED) is 0.0798. The molecule has 5 rings (SSSR count). The van der Waals surface area contributed by atoms with Crippen molar-refractivity contribution < 1.29 is 19.0 Å². The Hall–Kier alpha value is -4.08. The van der Waals surface area contributed by atoms with Crippen molar-refractivity contribution in [3.8, 4) is 34.2 Å². The molecular weight excluding hydrogens is 591 g/mol. The first-order valence-corrected chi connectivity index (χ1v) is 16.1. The van der Waals surface area contributed by atoms with Gasteiger partial charge >= 0.3 is 0 Å². The predicted molar refractivity (Wildman–Crippen MR) is 182 cm³/mol. The molecule has 4 aromatic rings. The van der Waals surface area contributed by atoms with E-state index in [1.165, 1.54) is 31.0 Å². The lowest BCUT2D eigenvalue weighted by Gasteiger charge is -2.15. The van der Waals surface area contributed by atoms with Gasteiger partial charge in [0.05, 0.1) is 37.1 Å². The van der Waals surface area contributed by atoms with Crippen LogP contribution in [0.1, 0.15) is 43.7 Å². The number of carbonyl (C=O) groups excluding carboxylic acids is 1. The van der Waals surface area contributed by atoms with Crippen molar-refractivity contribution in [1.29, 1.82) is 0 Å². The number of nitrogens with zero attached hydrogens (tertiary/aromatic N) is 3. The molecule has 0 unspecified atom stereocenters. The zero-order chi connectivity index (χ0) is 30.9. The smallest absolute Gasteiger partial charge is 0.266 e. The van der Waals surface area contributed by atoms with Crippen LogP contribution in [0.25, 0.3) is 23.0 Å². The number of benzene rings is 3. The van der Waals surface area contributed by atoms with Gasteiger partial charge in [-0.1, -0.05) is 74.4 Å². The van der Waals surface area contributed by atoms with Gasteiger partial charge in [-0.05, 0) is 73.0 Å². The molecule has 3 aromatic carbocycles. The minimum Gasteiger partial charge on any atom is -0.494 e. The normalized spacial score (nSPS) is 14.0. The third-order valence-electron chi connectivity index (χ3n) is 7.39. The number of carbonyl (C=O) groups is 1. The Balaban J connectivity index is 1.36. The highest BCUT2D eigenvalue weighted by molar-refractivity contribution is 8.26. The summed E-state index contributed by atoms with van der Waals surface area (Å²) < 4.78 is 19.1. The molecule has 0 spiro atoms. The molecule has 1 fully saturated rings. The Bertz CT molecular complexity index is 1620. The van der Waals surface area contributed by atoms with Gasteiger partial charge in [-0.25, -0.2) is 4.68 Å². The third kappa shape index (κ3) is 7.52. The van der Waals surface area contributed by atoms with Crippen molar-refractivity contribution in [2.24, 2.45) is 0 Å². The van der Waals surface area contributed by atoms with Gasteiger partial charge in [0.1, 0.15) is 10.1 Å². The summed E-state index contributed by atoms with van der Waals surface area (Å²) in [6.45, 7) is 3.38. The molecule has 0 saturated carbocycles. The first-order valence-electron chi connectivity index (χ1n) is 14.8. The Morgan fingerprint density at radius 2 is 1.70 bits per heavy atom. The molecule has 0 N–H and O–H groups in total. The highest BCUT2D eigenvalue weighted by Gasteiger charge is 2.32. The molecule has 44 heavy (non-hydrogen) atoms. The van der Waals surface area contributed by atoms with E-state index >= 15 is 0 Å². The number of hydrogen-bond acceptors (Lipinski definition) is 7. The summed E-state index contributed by atoms with van der Waals surface area (Å²) in [5, 5.41) is 4.93. The van der Waals surface area contributed by atoms with E-state index in [0.29, 0.717) is 40.3 Å². The van der Waals surface area contributed by atoms with E-state index in [1.54, 1.807) is 19.1 Å². The van der Waals surface area contributed by atoms with E-state index in [-0.39, 0.29) is 5.91 Å². The van der Waals surface area contributed by atoms with Crippen LogP contribution in [0.4, 0.5) is 0 Å². The molecule has 1 aliphatic rings. The van der Waals surface area contributed by atoms with Crippen molar-refractivity contribution >= 4 is 40.3 Å². The van der Waals surface area contributed by atoms with Crippen molar-refractivity contribution in [2.75, 3.05) is 27.4 Å². The average molecular weight is 628 g/mol. The molecule has 0 radical (unpaired) electrons. The average Bonchev–Trinajstić information content (AvgIpc) is 3.60.